The highest BCUT2D eigenvalue weighted by molar-refractivity contribution is 5.43. The van der Waals surface area contributed by atoms with Crippen LogP contribution < -0.4 is 10.9 Å². The lowest BCUT2D eigenvalue weighted by molar-refractivity contribution is 0.416. The van der Waals surface area contributed by atoms with Crippen LogP contribution in [0.3, 0.4) is 0 Å². The minimum atomic E-state index is -0.134. The van der Waals surface area contributed by atoms with E-state index in [9.17, 15) is 4.79 Å². The van der Waals surface area contributed by atoms with Crippen molar-refractivity contribution in [3.8, 4) is 5.82 Å². The third-order valence-corrected chi connectivity index (χ3v) is 2.06. The highest BCUT2D eigenvalue weighted by Gasteiger charge is 2.07. The first-order valence-electron chi connectivity index (χ1n) is 5.07. The van der Waals surface area contributed by atoms with Gasteiger partial charge in [-0.1, -0.05) is 5.16 Å². The molecule has 84 valence electrons. The Morgan fingerprint density at radius 3 is 2.88 bits per heavy atom. The summed E-state index contributed by atoms with van der Waals surface area (Å²) in [5.41, 5.74) is 0.422. The Morgan fingerprint density at radius 2 is 2.25 bits per heavy atom. The maximum atomic E-state index is 12.0. The zero-order valence-corrected chi connectivity index (χ0v) is 9.18. The van der Waals surface area contributed by atoms with Crippen LogP contribution in [-0.2, 0) is 0 Å². The molecule has 0 saturated carbocycles. The quantitative estimate of drug-likeness (QED) is 0.852. The average Bonchev–Trinajstić information content (AvgIpc) is 2.73. The molecule has 2 aromatic rings. The van der Waals surface area contributed by atoms with Gasteiger partial charge in [0.05, 0.1) is 0 Å². The van der Waals surface area contributed by atoms with E-state index in [4.69, 9.17) is 4.52 Å². The van der Waals surface area contributed by atoms with Gasteiger partial charge in [0.15, 0.2) is 5.82 Å². The molecule has 0 aliphatic heterocycles. The average molecular weight is 219 g/mol. The van der Waals surface area contributed by atoms with E-state index in [-0.39, 0.29) is 11.6 Å². The van der Waals surface area contributed by atoms with Crippen LogP contribution in [-0.4, -0.2) is 15.8 Å². The SMILES string of the molecule is CC(C)Nc1cccn(-c2ccon2)c1=O. The smallest absolute Gasteiger partial charge is 0.279 e. The van der Waals surface area contributed by atoms with Crippen LogP contribution >= 0.6 is 0 Å². The molecule has 0 aliphatic rings. The van der Waals surface area contributed by atoms with Crippen molar-refractivity contribution in [3.63, 3.8) is 0 Å². The van der Waals surface area contributed by atoms with Crippen LogP contribution in [0, 0.1) is 0 Å². The van der Waals surface area contributed by atoms with Crippen molar-refractivity contribution in [1.29, 1.82) is 0 Å². The summed E-state index contributed by atoms with van der Waals surface area (Å²) in [5, 5.41) is 6.81. The third-order valence-electron chi connectivity index (χ3n) is 2.06. The molecule has 0 fully saturated rings. The van der Waals surface area contributed by atoms with E-state index in [1.165, 1.54) is 10.8 Å². The number of hydrogen-bond acceptors (Lipinski definition) is 4. The van der Waals surface area contributed by atoms with Gasteiger partial charge in [-0.25, -0.2) is 0 Å². The first kappa shape index (κ1) is 10.5. The van der Waals surface area contributed by atoms with Gasteiger partial charge in [0, 0.05) is 18.3 Å². The molecule has 5 nitrogen and oxygen atoms in total. The zero-order valence-electron chi connectivity index (χ0n) is 9.18. The van der Waals surface area contributed by atoms with Crippen molar-refractivity contribution in [2.45, 2.75) is 19.9 Å². The van der Waals surface area contributed by atoms with Crippen molar-refractivity contribution in [2.75, 3.05) is 5.32 Å². The summed E-state index contributed by atoms with van der Waals surface area (Å²) >= 11 is 0. The number of nitrogens with zero attached hydrogens (tertiary/aromatic N) is 2. The highest BCUT2D eigenvalue weighted by Crippen LogP contribution is 2.05. The Kier molecular flexibility index (Phi) is 2.76. The summed E-state index contributed by atoms with van der Waals surface area (Å²) in [6.45, 7) is 3.96. The van der Waals surface area contributed by atoms with E-state index in [1.807, 2.05) is 13.8 Å². The summed E-state index contributed by atoms with van der Waals surface area (Å²) in [7, 11) is 0. The van der Waals surface area contributed by atoms with Crippen LogP contribution in [0.25, 0.3) is 5.82 Å². The van der Waals surface area contributed by atoms with E-state index < -0.39 is 0 Å². The predicted octanol–water partition coefficient (Wildman–Crippen LogP) is 1.65. The summed E-state index contributed by atoms with van der Waals surface area (Å²) < 4.78 is 6.15. The molecule has 2 heterocycles. The molecule has 1 N–H and O–H groups in total. The fourth-order valence-electron chi connectivity index (χ4n) is 1.43. The number of pyridine rings is 1. The monoisotopic (exact) mass is 219 g/mol. The van der Waals surface area contributed by atoms with Gasteiger partial charge >= 0.3 is 0 Å². The van der Waals surface area contributed by atoms with Gasteiger partial charge in [0.2, 0.25) is 0 Å². The summed E-state index contributed by atoms with van der Waals surface area (Å²) in [6.07, 6.45) is 3.09. The molecule has 0 saturated heterocycles. The van der Waals surface area contributed by atoms with Crippen LogP contribution in [0.2, 0.25) is 0 Å². The highest BCUT2D eigenvalue weighted by atomic mass is 16.5. The molecule has 0 radical (unpaired) electrons. The van der Waals surface area contributed by atoms with Gasteiger partial charge in [-0.2, -0.15) is 0 Å². The second kappa shape index (κ2) is 4.22. The lowest BCUT2D eigenvalue weighted by Gasteiger charge is -2.10. The van der Waals surface area contributed by atoms with E-state index >= 15 is 0 Å². The normalized spacial score (nSPS) is 10.7. The van der Waals surface area contributed by atoms with Gasteiger partial charge < -0.3 is 9.84 Å². The zero-order chi connectivity index (χ0) is 11.5. The number of rotatable bonds is 3. The van der Waals surface area contributed by atoms with Crippen molar-refractivity contribution in [3.05, 3.63) is 41.0 Å². The van der Waals surface area contributed by atoms with Gasteiger partial charge in [0.25, 0.3) is 5.56 Å². The second-order valence-electron chi connectivity index (χ2n) is 3.75. The van der Waals surface area contributed by atoms with Crippen LogP contribution in [0.15, 0.2) is 40.0 Å². The van der Waals surface area contributed by atoms with Gasteiger partial charge in [-0.15, -0.1) is 0 Å². The van der Waals surface area contributed by atoms with E-state index in [2.05, 4.69) is 10.5 Å². The maximum Gasteiger partial charge on any atom is 0.279 e. The Hall–Kier alpha value is -2.04. The Bertz CT molecular complexity index is 514. The molecular weight excluding hydrogens is 206 g/mol. The fourth-order valence-corrected chi connectivity index (χ4v) is 1.43. The summed E-state index contributed by atoms with van der Waals surface area (Å²) in [4.78, 5) is 12.0. The van der Waals surface area contributed by atoms with Crippen molar-refractivity contribution in [1.82, 2.24) is 9.72 Å². The topological polar surface area (TPSA) is 60.1 Å². The molecule has 16 heavy (non-hydrogen) atoms. The molecule has 0 amide bonds. The number of hydrogen-bond donors (Lipinski definition) is 1. The number of nitrogens with one attached hydrogen (secondary N) is 1. The molecular formula is C11H13N3O2. The minimum absolute atomic E-state index is 0.134. The lowest BCUT2D eigenvalue weighted by Crippen LogP contribution is -2.24. The molecule has 5 heteroatoms. The third kappa shape index (κ3) is 1.98. The second-order valence-corrected chi connectivity index (χ2v) is 3.75. The van der Waals surface area contributed by atoms with E-state index in [0.29, 0.717) is 11.5 Å². The Balaban J connectivity index is 2.45. The van der Waals surface area contributed by atoms with Crippen molar-refractivity contribution < 1.29 is 4.52 Å². The first-order valence-corrected chi connectivity index (χ1v) is 5.07. The molecule has 0 spiro atoms. The molecule has 0 unspecified atom stereocenters. The summed E-state index contributed by atoms with van der Waals surface area (Å²) in [6, 6.07) is 5.39. The minimum Gasteiger partial charge on any atom is -0.378 e. The van der Waals surface area contributed by atoms with Gasteiger partial charge in [-0.05, 0) is 26.0 Å². The molecule has 0 aromatic carbocycles. The van der Waals surface area contributed by atoms with Gasteiger partial charge in [-0.3, -0.25) is 9.36 Å². The molecule has 2 aromatic heterocycles. The maximum absolute atomic E-state index is 12.0. The molecule has 0 bridgehead atoms. The van der Waals surface area contributed by atoms with Crippen molar-refractivity contribution >= 4 is 5.69 Å². The Labute approximate surface area is 92.7 Å². The number of anilines is 1. The van der Waals surface area contributed by atoms with E-state index in [0.717, 1.165) is 0 Å². The molecule has 0 aliphatic carbocycles. The standard InChI is InChI=1S/C11H13N3O2/c1-8(2)12-9-4-3-6-14(11(9)15)10-5-7-16-13-10/h3-8,12H,1-2H3. The molecule has 0 atom stereocenters. The van der Waals surface area contributed by atoms with E-state index in [1.54, 1.807) is 24.4 Å². The first-order chi connectivity index (χ1) is 7.68. The summed E-state index contributed by atoms with van der Waals surface area (Å²) in [5.74, 6) is 0.484. The fraction of sp³-hybridized carbons (Fsp3) is 0.273. The van der Waals surface area contributed by atoms with Crippen LogP contribution in [0.1, 0.15) is 13.8 Å². The number of aromatic nitrogens is 2. The predicted molar refractivity (Wildman–Crippen MR) is 60.9 cm³/mol. The lowest BCUT2D eigenvalue weighted by atomic mass is 10.3. The largest absolute Gasteiger partial charge is 0.378 e. The van der Waals surface area contributed by atoms with Crippen LogP contribution in [0.4, 0.5) is 5.69 Å². The van der Waals surface area contributed by atoms with Crippen LogP contribution in [0.5, 0.6) is 0 Å². The molecule has 2 rings (SSSR count). The van der Waals surface area contributed by atoms with Crippen molar-refractivity contribution in [2.24, 2.45) is 0 Å². The van der Waals surface area contributed by atoms with Gasteiger partial charge in [0.1, 0.15) is 12.0 Å². The Morgan fingerprint density at radius 1 is 1.44 bits per heavy atom.